The van der Waals surface area contributed by atoms with Crippen molar-refractivity contribution in [3.05, 3.63) is 64.7 Å². The summed E-state index contributed by atoms with van der Waals surface area (Å²) >= 11 is 0. The molecule has 0 heterocycles. The van der Waals surface area contributed by atoms with Gasteiger partial charge in [0.15, 0.2) is 0 Å². The van der Waals surface area contributed by atoms with Crippen molar-refractivity contribution in [1.82, 2.24) is 0 Å². The standard InChI is InChI=1S/C17H21NO/c1-12-5-8-15(9-6-12)18-17(11-19)16-10-13(2)4-7-14(16)3/h4-10,17-19H,11H2,1-3H3. The molecule has 0 aromatic heterocycles. The molecule has 2 rings (SSSR count). The average molecular weight is 255 g/mol. The van der Waals surface area contributed by atoms with Crippen LogP contribution >= 0.6 is 0 Å². The van der Waals surface area contributed by atoms with E-state index in [4.69, 9.17) is 0 Å². The lowest BCUT2D eigenvalue weighted by molar-refractivity contribution is 0.276. The Hall–Kier alpha value is -1.80. The van der Waals surface area contributed by atoms with E-state index in [1.54, 1.807) is 0 Å². The molecule has 0 aliphatic carbocycles. The van der Waals surface area contributed by atoms with Gasteiger partial charge in [0.1, 0.15) is 0 Å². The van der Waals surface area contributed by atoms with E-state index in [1.807, 2.05) is 12.1 Å². The average Bonchev–Trinajstić information content (AvgIpc) is 2.41. The molecule has 19 heavy (non-hydrogen) atoms. The summed E-state index contributed by atoms with van der Waals surface area (Å²) in [4.78, 5) is 0. The highest BCUT2D eigenvalue weighted by molar-refractivity contribution is 5.48. The topological polar surface area (TPSA) is 32.3 Å². The fourth-order valence-corrected chi connectivity index (χ4v) is 2.21. The molecule has 2 aromatic rings. The van der Waals surface area contributed by atoms with Gasteiger partial charge < -0.3 is 10.4 Å². The summed E-state index contributed by atoms with van der Waals surface area (Å²) in [6, 6.07) is 14.5. The molecule has 0 saturated heterocycles. The Morgan fingerprint density at radius 1 is 0.947 bits per heavy atom. The predicted octanol–water partition coefficient (Wildman–Crippen LogP) is 3.76. The molecule has 2 nitrogen and oxygen atoms in total. The van der Waals surface area contributed by atoms with Gasteiger partial charge in [-0.3, -0.25) is 0 Å². The maximum absolute atomic E-state index is 9.65. The Kier molecular flexibility index (Phi) is 4.23. The molecule has 0 radical (unpaired) electrons. The second kappa shape index (κ2) is 5.89. The van der Waals surface area contributed by atoms with Gasteiger partial charge in [-0.15, -0.1) is 0 Å². The van der Waals surface area contributed by atoms with Crippen LogP contribution in [-0.4, -0.2) is 11.7 Å². The largest absolute Gasteiger partial charge is 0.394 e. The first-order chi connectivity index (χ1) is 9.10. The molecule has 0 aliphatic rings. The van der Waals surface area contributed by atoms with E-state index < -0.39 is 0 Å². The van der Waals surface area contributed by atoms with Crippen molar-refractivity contribution in [2.75, 3.05) is 11.9 Å². The third kappa shape index (κ3) is 3.36. The summed E-state index contributed by atoms with van der Waals surface area (Å²) in [5.74, 6) is 0. The van der Waals surface area contributed by atoms with Gasteiger partial charge >= 0.3 is 0 Å². The molecule has 2 N–H and O–H groups in total. The second-order valence-electron chi connectivity index (χ2n) is 5.11. The number of aliphatic hydroxyl groups excluding tert-OH is 1. The van der Waals surface area contributed by atoms with Crippen LogP contribution in [0.5, 0.6) is 0 Å². The Balaban J connectivity index is 2.24. The third-order valence-electron chi connectivity index (χ3n) is 3.39. The van der Waals surface area contributed by atoms with Crippen LogP contribution in [0.15, 0.2) is 42.5 Å². The number of nitrogens with one attached hydrogen (secondary N) is 1. The Morgan fingerprint density at radius 2 is 1.58 bits per heavy atom. The van der Waals surface area contributed by atoms with Gasteiger partial charge in [0.2, 0.25) is 0 Å². The summed E-state index contributed by atoms with van der Waals surface area (Å²) < 4.78 is 0. The van der Waals surface area contributed by atoms with Gasteiger partial charge in [0, 0.05) is 5.69 Å². The first kappa shape index (κ1) is 13.6. The summed E-state index contributed by atoms with van der Waals surface area (Å²) in [6.45, 7) is 6.30. The lowest BCUT2D eigenvalue weighted by Crippen LogP contribution is -2.16. The highest BCUT2D eigenvalue weighted by Gasteiger charge is 2.12. The highest BCUT2D eigenvalue weighted by Crippen LogP contribution is 2.23. The lowest BCUT2D eigenvalue weighted by Gasteiger charge is -2.20. The number of hydrogen-bond acceptors (Lipinski definition) is 2. The Bertz CT molecular complexity index is 546. The molecule has 100 valence electrons. The zero-order valence-electron chi connectivity index (χ0n) is 11.8. The summed E-state index contributed by atoms with van der Waals surface area (Å²) in [7, 11) is 0. The van der Waals surface area contributed by atoms with Crippen molar-refractivity contribution >= 4 is 5.69 Å². The molecule has 0 amide bonds. The summed E-state index contributed by atoms with van der Waals surface area (Å²) in [5.41, 5.74) is 5.83. The van der Waals surface area contributed by atoms with Crippen molar-refractivity contribution in [3.8, 4) is 0 Å². The van der Waals surface area contributed by atoms with E-state index in [1.165, 1.54) is 16.7 Å². The van der Waals surface area contributed by atoms with Gasteiger partial charge in [-0.05, 0) is 44.0 Å². The van der Waals surface area contributed by atoms with E-state index in [0.29, 0.717) is 0 Å². The highest BCUT2D eigenvalue weighted by atomic mass is 16.3. The SMILES string of the molecule is Cc1ccc(NC(CO)c2cc(C)ccc2C)cc1. The monoisotopic (exact) mass is 255 g/mol. The van der Waals surface area contributed by atoms with E-state index in [9.17, 15) is 5.11 Å². The van der Waals surface area contributed by atoms with Gasteiger partial charge in [-0.2, -0.15) is 0 Å². The lowest BCUT2D eigenvalue weighted by atomic mass is 9.99. The zero-order valence-corrected chi connectivity index (χ0v) is 11.8. The van der Waals surface area contributed by atoms with Crippen LogP contribution < -0.4 is 5.32 Å². The van der Waals surface area contributed by atoms with Crippen LogP contribution in [0.2, 0.25) is 0 Å². The molecule has 0 bridgehead atoms. The smallest absolute Gasteiger partial charge is 0.0747 e. The molecule has 0 fully saturated rings. The van der Waals surface area contributed by atoms with Crippen LogP contribution in [0.1, 0.15) is 28.3 Å². The first-order valence-electron chi connectivity index (χ1n) is 6.61. The van der Waals surface area contributed by atoms with E-state index in [0.717, 1.165) is 11.3 Å². The molecule has 2 aromatic carbocycles. The van der Waals surface area contributed by atoms with Crippen LogP contribution in [-0.2, 0) is 0 Å². The molecule has 1 atom stereocenters. The second-order valence-corrected chi connectivity index (χ2v) is 5.11. The normalized spacial score (nSPS) is 12.2. The van der Waals surface area contributed by atoms with Crippen molar-refractivity contribution in [2.45, 2.75) is 26.8 Å². The maximum Gasteiger partial charge on any atom is 0.0747 e. The predicted molar refractivity (Wildman–Crippen MR) is 80.5 cm³/mol. The minimum atomic E-state index is -0.0670. The fourth-order valence-electron chi connectivity index (χ4n) is 2.21. The van der Waals surface area contributed by atoms with Gasteiger partial charge in [0.05, 0.1) is 12.6 Å². The summed E-state index contributed by atoms with van der Waals surface area (Å²) in [6.07, 6.45) is 0. The van der Waals surface area contributed by atoms with Crippen LogP contribution in [0.25, 0.3) is 0 Å². The number of hydrogen-bond donors (Lipinski definition) is 2. The third-order valence-corrected chi connectivity index (χ3v) is 3.39. The van der Waals surface area contributed by atoms with Crippen molar-refractivity contribution < 1.29 is 5.11 Å². The molecule has 1 unspecified atom stereocenters. The van der Waals surface area contributed by atoms with E-state index >= 15 is 0 Å². The fraction of sp³-hybridized carbons (Fsp3) is 0.294. The Labute approximate surface area is 115 Å². The number of aliphatic hydroxyl groups is 1. The number of aryl methyl sites for hydroxylation is 3. The minimum Gasteiger partial charge on any atom is -0.394 e. The molecular weight excluding hydrogens is 234 g/mol. The summed E-state index contributed by atoms with van der Waals surface area (Å²) in [5, 5.41) is 13.0. The van der Waals surface area contributed by atoms with Crippen LogP contribution in [0, 0.1) is 20.8 Å². The Morgan fingerprint density at radius 3 is 2.21 bits per heavy atom. The first-order valence-corrected chi connectivity index (χ1v) is 6.61. The van der Waals surface area contributed by atoms with Crippen molar-refractivity contribution in [1.29, 1.82) is 0 Å². The maximum atomic E-state index is 9.65. The van der Waals surface area contributed by atoms with Gasteiger partial charge in [-0.25, -0.2) is 0 Å². The minimum absolute atomic E-state index is 0.0670. The van der Waals surface area contributed by atoms with Crippen molar-refractivity contribution in [2.24, 2.45) is 0 Å². The molecule has 0 aliphatic heterocycles. The quantitative estimate of drug-likeness (QED) is 0.872. The number of rotatable bonds is 4. The van der Waals surface area contributed by atoms with Crippen LogP contribution in [0.3, 0.4) is 0 Å². The molecular formula is C17H21NO. The number of benzene rings is 2. The van der Waals surface area contributed by atoms with Gasteiger partial charge in [-0.1, -0.05) is 41.5 Å². The van der Waals surface area contributed by atoms with Gasteiger partial charge in [0.25, 0.3) is 0 Å². The molecule has 0 saturated carbocycles. The number of anilines is 1. The van der Waals surface area contributed by atoms with Crippen LogP contribution in [0.4, 0.5) is 5.69 Å². The zero-order chi connectivity index (χ0) is 13.8. The van der Waals surface area contributed by atoms with E-state index in [-0.39, 0.29) is 12.6 Å². The van der Waals surface area contributed by atoms with Crippen molar-refractivity contribution in [3.63, 3.8) is 0 Å². The van der Waals surface area contributed by atoms with E-state index in [2.05, 4.69) is 56.4 Å². The molecule has 0 spiro atoms. The molecule has 2 heteroatoms.